The van der Waals surface area contributed by atoms with Gasteiger partial charge in [-0.1, -0.05) is 6.07 Å². The smallest absolute Gasteiger partial charge is 0.274 e. The van der Waals surface area contributed by atoms with E-state index >= 15 is 0 Å². The fourth-order valence-electron chi connectivity index (χ4n) is 2.88. The van der Waals surface area contributed by atoms with Crippen LogP contribution in [0.25, 0.3) is 0 Å². The Balaban J connectivity index is 1.74. The molecule has 8 nitrogen and oxygen atoms in total. The zero-order valence-electron chi connectivity index (χ0n) is 17.0. The van der Waals surface area contributed by atoms with Crippen LogP contribution in [-0.4, -0.2) is 40.1 Å². The van der Waals surface area contributed by atoms with E-state index in [0.29, 0.717) is 30.5 Å². The minimum absolute atomic E-state index is 0.0776. The van der Waals surface area contributed by atoms with Crippen LogP contribution in [0, 0.1) is 18.6 Å². The normalized spacial score (nSPS) is 10.7. The molecular weight excluding hydrogens is 408 g/mol. The highest BCUT2D eigenvalue weighted by atomic mass is 19.1. The molecule has 0 aliphatic carbocycles. The molecule has 0 atom stereocenters. The standard InChI is InChI=1S/C21H21F2N5O3/c1-13-4-3-5-25-19(13)21(30)27-18-8-15(16(22)9-17(18)23)20(29)26-11-14-10-24-12-28(14)6-7-31-2/h3-5,8-10,12H,6-7,11H2,1-2H3,(H,26,29)(H,27,30). The van der Waals surface area contributed by atoms with Crippen molar-refractivity contribution in [2.75, 3.05) is 19.0 Å². The highest BCUT2D eigenvalue weighted by Crippen LogP contribution is 2.21. The Morgan fingerprint density at radius 2 is 2.00 bits per heavy atom. The maximum Gasteiger partial charge on any atom is 0.274 e. The molecule has 31 heavy (non-hydrogen) atoms. The summed E-state index contributed by atoms with van der Waals surface area (Å²) < 4.78 is 35.3. The van der Waals surface area contributed by atoms with E-state index in [1.807, 2.05) is 0 Å². The van der Waals surface area contributed by atoms with Crippen molar-refractivity contribution in [2.24, 2.45) is 0 Å². The number of carbonyl (C=O) groups is 2. The molecule has 0 unspecified atom stereocenters. The van der Waals surface area contributed by atoms with Crippen LogP contribution in [0.2, 0.25) is 0 Å². The minimum atomic E-state index is -1.05. The van der Waals surface area contributed by atoms with Crippen LogP contribution in [0.15, 0.2) is 43.0 Å². The van der Waals surface area contributed by atoms with E-state index in [9.17, 15) is 18.4 Å². The summed E-state index contributed by atoms with van der Waals surface area (Å²) in [7, 11) is 1.57. The lowest BCUT2D eigenvalue weighted by molar-refractivity contribution is 0.0944. The first-order valence-electron chi connectivity index (χ1n) is 9.39. The molecule has 3 aromatic rings. The monoisotopic (exact) mass is 429 g/mol. The van der Waals surface area contributed by atoms with Crippen molar-refractivity contribution < 1.29 is 23.1 Å². The van der Waals surface area contributed by atoms with Gasteiger partial charge in [0.15, 0.2) is 0 Å². The third-order valence-corrected chi connectivity index (χ3v) is 4.54. The van der Waals surface area contributed by atoms with Crippen LogP contribution in [-0.2, 0) is 17.8 Å². The number of aryl methyl sites for hydroxylation is 1. The Morgan fingerprint density at radius 1 is 1.19 bits per heavy atom. The van der Waals surface area contributed by atoms with E-state index in [1.165, 1.54) is 6.20 Å². The number of imidazole rings is 1. The molecule has 0 saturated carbocycles. The van der Waals surface area contributed by atoms with Gasteiger partial charge in [-0.2, -0.15) is 0 Å². The summed E-state index contributed by atoms with van der Waals surface area (Å²) in [5, 5.41) is 4.91. The molecule has 3 rings (SSSR count). The first-order valence-corrected chi connectivity index (χ1v) is 9.39. The lowest BCUT2D eigenvalue weighted by Gasteiger charge is -2.12. The van der Waals surface area contributed by atoms with Gasteiger partial charge in [0.25, 0.3) is 11.8 Å². The third kappa shape index (κ3) is 5.28. The van der Waals surface area contributed by atoms with Gasteiger partial charge in [-0.05, 0) is 24.6 Å². The molecule has 2 heterocycles. The lowest BCUT2D eigenvalue weighted by atomic mass is 10.1. The molecule has 0 spiro atoms. The highest BCUT2D eigenvalue weighted by Gasteiger charge is 2.19. The van der Waals surface area contributed by atoms with Crippen molar-refractivity contribution in [1.82, 2.24) is 19.9 Å². The van der Waals surface area contributed by atoms with Gasteiger partial charge in [-0.15, -0.1) is 0 Å². The highest BCUT2D eigenvalue weighted by molar-refractivity contribution is 6.04. The molecule has 0 radical (unpaired) electrons. The van der Waals surface area contributed by atoms with Crippen molar-refractivity contribution in [3.8, 4) is 0 Å². The molecule has 0 saturated heterocycles. The maximum atomic E-state index is 14.3. The summed E-state index contributed by atoms with van der Waals surface area (Å²) >= 11 is 0. The third-order valence-electron chi connectivity index (χ3n) is 4.54. The quantitative estimate of drug-likeness (QED) is 0.574. The van der Waals surface area contributed by atoms with E-state index in [1.54, 1.807) is 43.3 Å². The van der Waals surface area contributed by atoms with Crippen LogP contribution in [0.4, 0.5) is 14.5 Å². The van der Waals surface area contributed by atoms with Crippen LogP contribution >= 0.6 is 0 Å². The number of carbonyl (C=O) groups excluding carboxylic acids is 2. The Hall–Kier alpha value is -3.66. The van der Waals surface area contributed by atoms with E-state index in [2.05, 4.69) is 20.6 Å². The van der Waals surface area contributed by atoms with E-state index in [4.69, 9.17) is 4.74 Å². The van der Waals surface area contributed by atoms with Crippen molar-refractivity contribution in [2.45, 2.75) is 20.0 Å². The molecule has 162 valence electrons. The van der Waals surface area contributed by atoms with Gasteiger partial charge < -0.3 is 19.9 Å². The average molecular weight is 429 g/mol. The Kier molecular flexibility index (Phi) is 7.03. The zero-order chi connectivity index (χ0) is 22.4. The molecule has 0 aliphatic heterocycles. The van der Waals surface area contributed by atoms with Gasteiger partial charge in [0.2, 0.25) is 0 Å². The number of halogens is 2. The molecule has 2 N–H and O–H groups in total. The predicted octanol–water partition coefficient (Wildman–Crippen LogP) is 2.69. The van der Waals surface area contributed by atoms with Crippen LogP contribution in [0.5, 0.6) is 0 Å². The number of aromatic nitrogens is 3. The van der Waals surface area contributed by atoms with Crippen molar-refractivity contribution in [1.29, 1.82) is 0 Å². The van der Waals surface area contributed by atoms with Crippen molar-refractivity contribution in [3.05, 3.63) is 77.1 Å². The second-order valence-corrected chi connectivity index (χ2v) is 6.69. The summed E-state index contributed by atoms with van der Waals surface area (Å²) in [5.74, 6) is -3.48. The van der Waals surface area contributed by atoms with E-state index in [-0.39, 0.29) is 17.9 Å². The number of amides is 2. The SMILES string of the molecule is COCCn1cncc1CNC(=O)c1cc(NC(=O)c2ncccc2C)c(F)cc1F. The Morgan fingerprint density at radius 3 is 2.74 bits per heavy atom. The summed E-state index contributed by atoms with van der Waals surface area (Å²) in [5.41, 5.74) is 0.642. The fourth-order valence-corrected chi connectivity index (χ4v) is 2.88. The molecule has 0 fully saturated rings. The number of anilines is 1. The molecular formula is C21H21F2N5O3. The van der Waals surface area contributed by atoms with Crippen LogP contribution in [0.3, 0.4) is 0 Å². The number of ether oxygens (including phenoxy) is 1. The summed E-state index contributed by atoms with van der Waals surface area (Å²) in [6.07, 6.45) is 4.59. The van der Waals surface area contributed by atoms with Gasteiger partial charge in [-0.3, -0.25) is 14.6 Å². The van der Waals surface area contributed by atoms with Gasteiger partial charge >= 0.3 is 0 Å². The molecule has 2 amide bonds. The summed E-state index contributed by atoms with van der Waals surface area (Å²) in [4.78, 5) is 32.9. The minimum Gasteiger partial charge on any atom is -0.383 e. The number of pyridine rings is 1. The number of nitrogens with one attached hydrogen (secondary N) is 2. The fraction of sp³-hybridized carbons (Fsp3) is 0.238. The average Bonchev–Trinajstić information content (AvgIpc) is 3.20. The number of nitrogens with zero attached hydrogens (tertiary/aromatic N) is 3. The number of benzene rings is 1. The van der Waals surface area contributed by atoms with Gasteiger partial charge in [0.05, 0.1) is 36.4 Å². The molecule has 2 aromatic heterocycles. The van der Waals surface area contributed by atoms with E-state index in [0.717, 1.165) is 6.07 Å². The van der Waals surface area contributed by atoms with Crippen LogP contribution in [0.1, 0.15) is 32.1 Å². The van der Waals surface area contributed by atoms with E-state index < -0.39 is 29.0 Å². The van der Waals surface area contributed by atoms with Gasteiger partial charge in [-0.25, -0.2) is 13.8 Å². The van der Waals surface area contributed by atoms with Gasteiger partial charge in [0, 0.05) is 32.1 Å². The number of hydrogen-bond donors (Lipinski definition) is 2. The molecule has 10 heteroatoms. The van der Waals surface area contributed by atoms with Crippen LogP contribution < -0.4 is 10.6 Å². The summed E-state index contributed by atoms with van der Waals surface area (Å²) in [6, 6.07) is 4.85. The zero-order valence-corrected chi connectivity index (χ0v) is 17.0. The number of hydrogen-bond acceptors (Lipinski definition) is 5. The number of methoxy groups -OCH3 is 1. The topological polar surface area (TPSA) is 98.1 Å². The molecule has 1 aromatic carbocycles. The lowest BCUT2D eigenvalue weighted by Crippen LogP contribution is -2.26. The largest absolute Gasteiger partial charge is 0.383 e. The second-order valence-electron chi connectivity index (χ2n) is 6.69. The Labute approximate surface area is 177 Å². The predicted molar refractivity (Wildman–Crippen MR) is 109 cm³/mol. The molecule has 0 bridgehead atoms. The molecule has 0 aliphatic rings. The first-order chi connectivity index (χ1) is 14.9. The number of rotatable bonds is 8. The Bertz CT molecular complexity index is 1100. The second kappa shape index (κ2) is 9.90. The van der Waals surface area contributed by atoms with Crippen molar-refractivity contribution in [3.63, 3.8) is 0 Å². The first kappa shape index (κ1) is 22.0. The van der Waals surface area contributed by atoms with Crippen molar-refractivity contribution >= 4 is 17.5 Å². The summed E-state index contributed by atoms with van der Waals surface area (Å²) in [6.45, 7) is 2.76. The maximum absolute atomic E-state index is 14.3. The van der Waals surface area contributed by atoms with Gasteiger partial charge in [0.1, 0.15) is 17.3 Å².